The molecule has 2 aromatic heterocycles. The average Bonchev–Trinajstić information content (AvgIpc) is 3.08. The lowest BCUT2D eigenvalue weighted by Gasteiger charge is -2.10. The fourth-order valence-corrected chi connectivity index (χ4v) is 3.28. The molecule has 1 amide bonds. The molecule has 0 saturated carbocycles. The van der Waals surface area contributed by atoms with E-state index < -0.39 is 5.97 Å². The van der Waals surface area contributed by atoms with E-state index in [1.165, 1.54) is 12.4 Å². The van der Waals surface area contributed by atoms with Crippen molar-refractivity contribution in [2.75, 3.05) is 26.4 Å². The van der Waals surface area contributed by atoms with E-state index in [0.717, 1.165) is 30.7 Å². The number of hydrogen-bond donors (Lipinski definition) is 1. The largest absolute Gasteiger partial charge is 0.462 e. The third kappa shape index (κ3) is 5.60. The first kappa shape index (κ1) is 20.9. The topological polar surface area (TPSA) is 108 Å². The summed E-state index contributed by atoms with van der Waals surface area (Å²) in [5.74, 6) is -0.493. The van der Waals surface area contributed by atoms with Crippen LogP contribution < -0.4 is 5.32 Å². The summed E-state index contributed by atoms with van der Waals surface area (Å²) >= 11 is 0. The number of amides is 1. The Bertz CT molecular complexity index is 822. The number of nitrogens with zero attached hydrogens (tertiary/aromatic N) is 4. The Labute approximate surface area is 169 Å². The van der Waals surface area contributed by atoms with Gasteiger partial charge in [0, 0.05) is 32.7 Å². The van der Waals surface area contributed by atoms with Crippen LogP contribution in [0.25, 0.3) is 0 Å². The monoisotopic (exact) mass is 401 g/mol. The van der Waals surface area contributed by atoms with Crippen LogP contribution in [0.15, 0.2) is 18.5 Å². The summed E-state index contributed by atoms with van der Waals surface area (Å²) in [4.78, 5) is 24.7. The van der Waals surface area contributed by atoms with Crippen LogP contribution in [0.1, 0.15) is 58.3 Å². The first-order chi connectivity index (χ1) is 14.2. The molecule has 0 radical (unpaired) electrons. The second kappa shape index (κ2) is 10.7. The van der Waals surface area contributed by atoms with Gasteiger partial charge in [-0.1, -0.05) is 6.92 Å². The quantitative estimate of drug-likeness (QED) is 0.578. The minimum Gasteiger partial charge on any atom is -0.462 e. The number of esters is 1. The molecule has 1 N–H and O–H groups in total. The molecule has 0 aromatic carbocycles. The number of aromatic nitrogens is 4. The molecule has 0 unspecified atom stereocenters. The van der Waals surface area contributed by atoms with Gasteiger partial charge in [0.05, 0.1) is 41.5 Å². The third-order valence-electron chi connectivity index (χ3n) is 4.71. The second-order valence-corrected chi connectivity index (χ2v) is 6.79. The standard InChI is InChI=1S/C20H27N5O4/c1-2-16-18-17(6-3-11-28-12-4-8-21-19(18)26)25(24-16)10-5-13-29-20(27)15-7-9-22-23-14-15/h7,9,14H,2-6,8,10-13H2,1H3,(H,21,26). The Balaban J connectivity index is 1.65. The van der Waals surface area contributed by atoms with E-state index in [1.54, 1.807) is 6.07 Å². The van der Waals surface area contributed by atoms with Crippen molar-refractivity contribution in [3.63, 3.8) is 0 Å². The van der Waals surface area contributed by atoms with E-state index in [0.29, 0.717) is 50.3 Å². The van der Waals surface area contributed by atoms with Crippen molar-refractivity contribution in [1.82, 2.24) is 25.3 Å². The molecule has 0 fully saturated rings. The van der Waals surface area contributed by atoms with Gasteiger partial charge in [0.1, 0.15) is 0 Å². The fourth-order valence-electron chi connectivity index (χ4n) is 3.28. The molecule has 0 aliphatic carbocycles. The van der Waals surface area contributed by atoms with Gasteiger partial charge in [-0.2, -0.15) is 15.3 Å². The number of ether oxygens (including phenoxy) is 2. The summed E-state index contributed by atoms with van der Waals surface area (Å²) in [6.45, 7) is 4.73. The predicted molar refractivity (Wildman–Crippen MR) is 105 cm³/mol. The summed E-state index contributed by atoms with van der Waals surface area (Å²) in [5.41, 5.74) is 2.79. The number of aryl methyl sites for hydroxylation is 2. The van der Waals surface area contributed by atoms with Crippen LogP contribution >= 0.6 is 0 Å². The molecule has 3 heterocycles. The van der Waals surface area contributed by atoms with Crippen LogP contribution in [0, 0.1) is 0 Å². The normalized spacial score (nSPS) is 15.1. The van der Waals surface area contributed by atoms with E-state index in [1.807, 2.05) is 11.6 Å². The van der Waals surface area contributed by atoms with Crippen LogP contribution in [0.3, 0.4) is 0 Å². The van der Waals surface area contributed by atoms with Crippen LogP contribution in [0.2, 0.25) is 0 Å². The van der Waals surface area contributed by atoms with Gasteiger partial charge in [-0.3, -0.25) is 9.48 Å². The highest BCUT2D eigenvalue weighted by atomic mass is 16.5. The number of carbonyl (C=O) groups is 2. The molecular weight excluding hydrogens is 374 g/mol. The van der Waals surface area contributed by atoms with E-state index in [9.17, 15) is 9.59 Å². The maximum Gasteiger partial charge on any atom is 0.339 e. The number of carbonyl (C=O) groups excluding carboxylic acids is 2. The zero-order valence-corrected chi connectivity index (χ0v) is 16.7. The van der Waals surface area contributed by atoms with Crippen molar-refractivity contribution in [2.24, 2.45) is 0 Å². The molecule has 3 rings (SSSR count). The van der Waals surface area contributed by atoms with Crippen LogP contribution in [0.5, 0.6) is 0 Å². The van der Waals surface area contributed by atoms with Gasteiger partial charge in [0.25, 0.3) is 5.91 Å². The molecule has 9 heteroatoms. The first-order valence-corrected chi connectivity index (χ1v) is 10.1. The first-order valence-electron chi connectivity index (χ1n) is 10.1. The maximum atomic E-state index is 12.7. The Hall–Kier alpha value is -2.81. The zero-order valence-electron chi connectivity index (χ0n) is 16.7. The predicted octanol–water partition coefficient (Wildman–Crippen LogP) is 1.57. The number of fused-ring (bicyclic) bond motifs is 1. The van der Waals surface area contributed by atoms with Gasteiger partial charge in [-0.15, -0.1) is 0 Å². The molecule has 29 heavy (non-hydrogen) atoms. The number of nitrogens with one attached hydrogen (secondary N) is 1. The third-order valence-corrected chi connectivity index (χ3v) is 4.71. The van der Waals surface area contributed by atoms with Gasteiger partial charge in [0.2, 0.25) is 0 Å². The lowest BCUT2D eigenvalue weighted by molar-refractivity contribution is 0.0493. The molecule has 1 aliphatic heterocycles. The van der Waals surface area contributed by atoms with E-state index in [2.05, 4.69) is 20.6 Å². The van der Waals surface area contributed by atoms with Crippen molar-refractivity contribution in [3.05, 3.63) is 41.0 Å². The van der Waals surface area contributed by atoms with Gasteiger partial charge in [-0.25, -0.2) is 4.79 Å². The van der Waals surface area contributed by atoms with E-state index in [4.69, 9.17) is 9.47 Å². The molecule has 0 spiro atoms. The smallest absolute Gasteiger partial charge is 0.339 e. The van der Waals surface area contributed by atoms with Crippen LogP contribution in [0.4, 0.5) is 0 Å². The van der Waals surface area contributed by atoms with Gasteiger partial charge in [-0.05, 0) is 31.7 Å². The minimum atomic E-state index is -0.426. The Morgan fingerprint density at radius 2 is 2.17 bits per heavy atom. The van der Waals surface area contributed by atoms with Crippen molar-refractivity contribution in [3.8, 4) is 0 Å². The molecule has 0 saturated heterocycles. The average molecular weight is 401 g/mol. The van der Waals surface area contributed by atoms with Crippen molar-refractivity contribution < 1.29 is 19.1 Å². The number of rotatable bonds is 6. The fraction of sp³-hybridized carbons (Fsp3) is 0.550. The lowest BCUT2D eigenvalue weighted by Crippen LogP contribution is -2.26. The highest BCUT2D eigenvalue weighted by molar-refractivity contribution is 5.96. The van der Waals surface area contributed by atoms with Crippen molar-refractivity contribution in [1.29, 1.82) is 0 Å². The van der Waals surface area contributed by atoms with Crippen molar-refractivity contribution >= 4 is 11.9 Å². The van der Waals surface area contributed by atoms with Crippen LogP contribution in [-0.4, -0.2) is 58.2 Å². The van der Waals surface area contributed by atoms with Gasteiger partial charge < -0.3 is 14.8 Å². The summed E-state index contributed by atoms with van der Waals surface area (Å²) in [6, 6.07) is 1.56. The second-order valence-electron chi connectivity index (χ2n) is 6.79. The molecule has 0 atom stereocenters. The molecular formula is C20H27N5O4. The maximum absolute atomic E-state index is 12.7. The Morgan fingerprint density at radius 1 is 1.31 bits per heavy atom. The van der Waals surface area contributed by atoms with E-state index >= 15 is 0 Å². The zero-order chi connectivity index (χ0) is 20.5. The van der Waals surface area contributed by atoms with E-state index in [-0.39, 0.29) is 12.5 Å². The van der Waals surface area contributed by atoms with Gasteiger partial charge >= 0.3 is 5.97 Å². The Morgan fingerprint density at radius 3 is 2.97 bits per heavy atom. The summed E-state index contributed by atoms with van der Waals surface area (Å²) < 4.78 is 12.8. The van der Waals surface area contributed by atoms with Crippen LogP contribution in [-0.2, 0) is 28.9 Å². The molecule has 1 aliphatic rings. The summed E-state index contributed by atoms with van der Waals surface area (Å²) in [5, 5.41) is 14.9. The number of hydrogen-bond acceptors (Lipinski definition) is 7. The molecule has 156 valence electrons. The van der Waals surface area contributed by atoms with Crippen molar-refractivity contribution in [2.45, 2.75) is 45.6 Å². The highest BCUT2D eigenvalue weighted by Crippen LogP contribution is 2.19. The Kier molecular flexibility index (Phi) is 7.69. The highest BCUT2D eigenvalue weighted by Gasteiger charge is 2.22. The summed E-state index contributed by atoms with van der Waals surface area (Å²) in [6.07, 6.45) is 6.46. The summed E-state index contributed by atoms with van der Waals surface area (Å²) in [7, 11) is 0. The SMILES string of the molecule is CCc1nn(CCCOC(=O)c2ccnnc2)c2c1C(=O)NCCCOCCC2. The lowest BCUT2D eigenvalue weighted by atomic mass is 10.1. The molecule has 0 bridgehead atoms. The molecule has 9 nitrogen and oxygen atoms in total. The van der Waals surface area contributed by atoms with Gasteiger partial charge in [0.15, 0.2) is 0 Å². The minimum absolute atomic E-state index is 0.0679. The molecule has 2 aromatic rings.